The van der Waals surface area contributed by atoms with Crippen LogP contribution in [0.15, 0.2) is 0 Å². The third-order valence-electron chi connectivity index (χ3n) is 4.43. The highest BCUT2D eigenvalue weighted by atomic mass is 35.5. The Morgan fingerprint density at radius 1 is 1.50 bits per heavy atom. The summed E-state index contributed by atoms with van der Waals surface area (Å²) in [6.07, 6.45) is 1.44. The molecule has 104 valence electrons. The number of hydrogen-bond donors (Lipinski definition) is 2. The largest absolute Gasteiger partial charge is 0.377 e. The van der Waals surface area contributed by atoms with Gasteiger partial charge in [-0.2, -0.15) is 0 Å². The molecule has 18 heavy (non-hydrogen) atoms. The molecular weight excluding hydrogens is 272 g/mol. The zero-order valence-electron chi connectivity index (χ0n) is 10.8. The molecule has 0 spiro atoms. The number of carbonyl (C=O) groups is 1. The first-order valence-corrected chi connectivity index (χ1v) is 7.49. The van der Waals surface area contributed by atoms with E-state index in [1.807, 2.05) is 0 Å². The van der Waals surface area contributed by atoms with E-state index in [4.69, 9.17) is 4.74 Å². The van der Waals surface area contributed by atoms with E-state index in [1.165, 1.54) is 0 Å². The van der Waals surface area contributed by atoms with Gasteiger partial charge < -0.3 is 10.1 Å². The third-order valence-corrected chi connectivity index (χ3v) is 5.37. The number of halogens is 1. The Kier molecular flexibility index (Phi) is 4.17. The molecule has 0 aromatic carbocycles. The van der Waals surface area contributed by atoms with Crippen LogP contribution in [0.2, 0.25) is 0 Å². The van der Waals surface area contributed by atoms with Crippen LogP contribution in [-0.2, 0) is 9.53 Å². The van der Waals surface area contributed by atoms with Gasteiger partial charge in [-0.05, 0) is 6.42 Å². The first-order chi connectivity index (χ1) is 8.10. The lowest BCUT2D eigenvalue weighted by atomic mass is 9.57. The van der Waals surface area contributed by atoms with Crippen LogP contribution in [0.3, 0.4) is 0 Å². The maximum absolute atomic E-state index is 12.1. The number of rotatable bonds is 2. The molecule has 4 nitrogen and oxygen atoms in total. The molecule has 1 amide bonds. The second-order valence-electron chi connectivity index (χ2n) is 5.82. The van der Waals surface area contributed by atoms with Gasteiger partial charge in [-0.1, -0.05) is 13.8 Å². The van der Waals surface area contributed by atoms with Crippen molar-refractivity contribution in [1.29, 1.82) is 0 Å². The Labute approximate surface area is 118 Å². The molecule has 6 heteroatoms. The summed E-state index contributed by atoms with van der Waals surface area (Å²) in [4.78, 5) is 12.1. The predicted octanol–water partition coefficient (Wildman–Crippen LogP) is 1.00. The number of ether oxygens (including phenoxy) is 1. The molecule has 3 rings (SSSR count). The van der Waals surface area contributed by atoms with Crippen LogP contribution < -0.4 is 10.6 Å². The van der Waals surface area contributed by atoms with Gasteiger partial charge >= 0.3 is 0 Å². The highest BCUT2D eigenvalue weighted by Crippen LogP contribution is 2.52. The van der Waals surface area contributed by atoms with Crippen molar-refractivity contribution in [3.8, 4) is 0 Å². The molecule has 4 atom stereocenters. The van der Waals surface area contributed by atoms with E-state index in [0.29, 0.717) is 12.0 Å². The van der Waals surface area contributed by atoms with E-state index >= 15 is 0 Å². The second kappa shape index (κ2) is 5.19. The minimum Gasteiger partial charge on any atom is -0.377 e. The van der Waals surface area contributed by atoms with Gasteiger partial charge in [0.1, 0.15) is 0 Å². The van der Waals surface area contributed by atoms with Gasteiger partial charge in [0, 0.05) is 35.6 Å². The Balaban J connectivity index is 0.00000120. The minimum atomic E-state index is -0.00262. The van der Waals surface area contributed by atoms with E-state index in [0.717, 1.165) is 24.7 Å². The standard InChI is InChI=1S/C12H20N2O2S.ClH/c1-12(2)9(7-3-4-16-10(7)12)14-11(15)8-5-17-6-13-8;/h7-10,13H,3-6H2,1-2H3,(H,14,15);1H. The number of amides is 1. The van der Waals surface area contributed by atoms with Gasteiger partial charge in [0.15, 0.2) is 0 Å². The summed E-state index contributed by atoms with van der Waals surface area (Å²) in [5.41, 5.74) is 0.0859. The summed E-state index contributed by atoms with van der Waals surface area (Å²) in [6.45, 7) is 5.24. The number of thioether (sulfide) groups is 1. The molecule has 2 N–H and O–H groups in total. The Hall–Kier alpha value is 0.0300. The third kappa shape index (κ3) is 2.15. The van der Waals surface area contributed by atoms with Crippen LogP contribution in [-0.4, -0.2) is 42.3 Å². The molecular formula is C12H21ClN2O2S. The van der Waals surface area contributed by atoms with Gasteiger partial charge in [-0.15, -0.1) is 24.2 Å². The molecule has 2 aliphatic heterocycles. The predicted molar refractivity (Wildman–Crippen MR) is 75.1 cm³/mol. The van der Waals surface area contributed by atoms with Crippen LogP contribution in [0.1, 0.15) is 20.3 Å². The molecule has 1 saturated carbocycles. The van der Waals surface area contributed by atoms with Gasteiger partial charge in [0.05, 0.1) is 12.1 Å². The first kappa shape index (κ1) is 14.4. The molecule has 1 aliphatic carbocycles. The van der Waals surface area contributed by atoms with Gasteiger partial charge in [-0.3, -0.25) is 10.1 Å². The topological polar surface area (TPSA) is 50.4 Å². The summed E-state index contributed by atoms with van der Waals surface area (Å²) in [5, 5.41) is 6.44. The van der Waals surface area contributed by atoms with Crippen LogP contribution in [0.4, 0.5) is 0 Å². The normalized spacial score (nSPS) is 40.6. The number of carbonyl (C=O) groups excluding carboxylic acids is 1. The van der Waals surface area contributed by atoms with Crippen LogP contribution in [0, 0.1) is 11.3 Å². The van der Waals surface area contributed by atoms with E-state index in [-0.39, 0.29) is 35.8 Å². The smallest absolute Gasteiger partial charge is 0.238 e. The van der Waals surface area contributed by atoms with Crippen molar-refractivity contribution in [3.63, 3.8) is 0 Å². The van der Waals surface area contributed by atoms with Crippen molar-refractivity contribution in [3.05, 3.63) is 0 Å². The lowest BCUT2D eigenvalue weighted by Crippen LogP contribution is -2.68. The van der Waals surface area contributed by atoms with Crippen molar-refractivity contribution < 1.29 is 9.53 Å². The lowest BCUT2D eigenvalue weighted by Gasteiger charge is -2.54. The molecule has 3 aliphatic rings. The summed E-state index contributed by atoms with van der Waals surface area (Å²) < 4.78 is 5.73. The van der Waals surface area contributed by atoms with Crippen molar-refractivity contribution in [2.45, 2.75) is 38.5 Å². The Bertz CT molecular complexity index is 334. The van der Waals surface area contributed by atoms with E-state index < -0.39 is 0 Å². The van der Waals surface area contributed by atoms with E-state index in [9.17, 15) is 4.79 Å². The Morgan fingerprint density at radius 2 is 2.28 bits per heavy atom. The van der Waals surface area contributed by atoms with Crippen molar-refractivity contribution in [1.82, 2.24) is 10.6 Å². The second-order valence-corrected chi connectivity index (χ2v) is 6.85. The fourth-order valence-corrected chi connectivity index (χ4v) is 4.38. The van der Waals surface area contributed by atoms with Crippen LogP contribution in [0.5, 0.6) is 0 Å². The molecule has 2 heterocycles. The SMILES string of the molecule is CC1(C)C(NC(=O)C2CSCN2)C2CCOC21.Cl. The maximum atomic E-state index is 12.1. The molecule has 0 radical (unpaired) electrons. The fourth-order valence-electron chi connectivity index (χ4n) is 3.43. The summed E-state index contributed by atoms with van der Waals surface area (Å²) in [5.74, 6) is 2.48. The Morgan fingerprint density at radius 3 is 2.94 bits per heavy atom. The maximum Gasteiger partial charge on any atom is 0.238 e. The molecule has 0 bridgehead atoms. The average molecular weight is 293 g/mol. The minimum absolute atomic E-state index is 0. The monoisotopic (exact) mass is 292 g/mol. The average Bonchev–Trinajstić information content (AvgIpc) is 2.95. The highest BCUT2D eigenvalue weighted by Gasteiger charge is 2.59. The summed E-state index contributed by atoms with van der Waals surface area (Å²) in [6, 6.07) is 0.284. The zero-order chi connectivity index (χ0) is 12.0. The molecule has 3 fully saturated rings. The quantitative estimate of drug-likeness (QED) is 0.797. The zero-order valence-corrected chi connectivity index (χ0v) is 12.4. The number of fused-ring (bicyclic) bond motifs is 1. The highest BCUT2D eigenvalue weighted by molar-refractivity contribution is 7.99. The first-order valence-electron chi connectivity index (χ1n) is 6.34. The molecule has 0 aromatic rings. The van der Waals surface area contributed by atoms with Crippen LogP contribution >= 0.6 is 24.2 Å². The van der Waals surface area contributed by atoms with Gasteiger partial charge in [0.25, 0.3) is 0 Å². The van der Waals surface area contributed by atoms with Gasteiger partial charge in [-0.25, -0.2) is 0 Å². The summed E-state index contributed by atoms with van der Waals surface area (Å²) >= 11 is 1.79. The van der Waals surface area contributed by atoms with E-state index in [2.05, 4.69) is 24.5 Å². The number of nitrogens with one attached hydrogen (secondary N) is 2. The van der Waals surface area contributed by atoms with Crippen LogP contribution in [0.25, 0.3) is 0 Å². The van der Waals surface area contributed by atoms with E-state index in [1.54, 1.807) is 11.8 Å². The molecule has 4 unspecified atom stereocenters. The number of hydrogen-bond acceptors (Lipinski definition) is 4. The molecule has 0 aromatic heterocycles. The van der Waals surface area contributed by atoms with Crippen molar-refractivity contribution >= 4 is 30.1 Å². The van der Waals surface area contributed by atoms with Gasteiger partial charge in [0.2, 0.25) is 5.91 Å². The van der Waals surface area contributed by atoms with Crippen molar-refractivity contribution in [2.24, 2.45) is 11.3 Å². The fraction of sp³-hybridized carbons (Fsp3) is 0.917. The molecule has 2 saturated heterocycles. The lowest BCUT2D eigenvalue weighted by molar-refractivity contribution is -0.138. The summed E-state index contributed by atoms with van der Waals surface area (Å²) in [7, 11) is 0. The van der Waals surface area contributed by atoms with Crippen molar-refractivity contribution in [2.75, 3.05) is 18.2 Å².